The number of nitrogens with zero attached hydrogens (tertiary/aromatic N) is 1. The summed E-state index contributed by atoms with van der Waals surface area (Å²) < 4.78 is 5.06. The fourth-order valence-electron chi connectivity index (χ4n) is 3.72. The maximum atomic E-state index is 12.4. The van der Waals surface area contributed by atoms with E-state index in [0.29, 0.717) is 12.0 Å². The lowest BCUT2D eigenvalue weighted by Crippen LogP contribution is -3.11. The Bertz CT molecular complexity index is 529. The molecule has 0 spiro atoms. The SMILES string of the molecule is COCC(=O)N1c2ccc(C)cc2[C@@H]2C[NH+](C)CC[C@@H]21. The predicted molar refractivity (Wildman–Crippen MR) is 78.3 cm³/mol. The van der Waals surface area contributed by atoms with Crippen molar-refractivity contribution in [3.63, 3.8) is 0 Å². The second-order valence-corrected chi connectivity index (χ2v) is 6.13. The number of hydrogen-bond acceptors (Lipinski definition) is 2. The quantitative estimate of drug-likeness (QED) is 0.845. The number of likely N-dealkylation sites (N-methyl/N-ethyl adjacent to an activating group) is 1. The van der Waals surface area contributed by atoms with Crippen LogP contribution in [-0.2, 0) is 9.53 Å². The fourth-order valence-corrected chi connectivity index (χ4v) is 3.72. The van der Waals surface area contributed by atoms with Gasteiger partial charge < -0.3 is 14.5 Å². The molecule has 1 N–H and O–H groups in total. The van der Waals surface area contributed by atoms with Crippen molar-refractivity contribution in [2.45, 2.75) is 25.3 Å². The van der Waals surface area contributed by atoms with Crippen molar-refractivity contribution < 1.29 is 14.4 Å². The minimum absolute atomic E-state index is 0.0876. The molecule has 4 heteroatoms. The molecular formula is C16H23N2O2+. The van der Waals surface area contributed by atoms with Crippen LogP contribution in [0.2, 0.25) is 0 Å². The smallest absolute Gasteiger partial charge is 0.253 e. The Hall–Kier alpha value is -1.39. The molecule has 3 atom stereocenters. The molecular weight excluding hydrogens is 252 g/mol. The van der Waals surface area contributed by atoms with Crippen molar-refractivity contribution in [1.82, 2.24) is 0 Å². The second kappa shape index (κ2) is 5.19. The summed E-state index contributed by atoms with van der Waals surface area (Å²) in [4.78, 5) is 16.0. The third-order valence-electron chi connectivity index (χ3n) is 4.61. The van der Waals surface area contributed by atoms with Crippen molar-refractivity contribution in [1.29, 1.82) is 0 Å². The van der Waals surface area contributed by atoms with E-state index in [-0.39, 0.29) is 12.5 Å². The second-order valence-electron chi connectivity index (χ2n) is 6.13. The largest absolute Gasteiger partial charge is 0.375 e. The first kappa shape index (κ1) is 13.6. The molecule has 1 fully saturated rings. The van der Waals surface area contributed by atoms with E-state index < -0.39 is 0 Å². The summed E-state index contributed by atoms with van der Waals surface area (Å²) in [5.74, 6) is 0.559. The van der Waals surface area contributed by atoms with Crippen molar-refractivity contribution in [3.8, 4) is 0 Å². The highest BCUT2D eigenvalue weighted by molar-refractivity contribution is 5.97. The van der Waals surface area contributed by atoms with Gasteiger partial charge in [0.1, 0.15) is 6.61 Å². The highest BCUT2D eigenvalue weighted by atomic mass is 16.5. The molecule has 0 aliphatic carbocycles. The number of amides is 1. The number of nitrogens with one attached hydrogen (secondary N) is 1. The Labute approximate surface area is 120 Å². The summed E-state index contributed by atoms with van der Waals surface area (Å²) in [5, 5.41) is 0. The number of carbonyl (C=O) groups is 1. The molecule has 3 rings (SSSR count). The number of carbonyl (C=O) groups excluding carboxylic acids is 1. The van der Waals surface area contributed by atoms with Crippen LogP contribution in [0.25, 0.3) is 0 Å². The van der Waals surface area contributed by atoms with Crippen molar-refractivity contribution >= 4 is 11.6 Å². The number of benzene rings is 1. The summed E-state index contributed by atoms with van der Waals surface area (Å²) in [6.07, 6.45) is 1.07. The van der Waals surface area contributed by atoms with Gasteiger partial charge in [0, 0.05) is 19.2 Å². The number of piperidine rings is 1. The Morgan fingerprint density at radius 1 is 1.50 bits per heavy atom. The zero-order chi connectivity index (χ0) is 14.3. The molecule has 2 aliphatic heterocycles. The van der Waals surface area contributed by atoms with Crippen molar-refractivity contribution in [3.05, 3.63) is 29.3 Å². The maximum Gasteiger partial charge on any atom is 0.253 e. The summed E-state index contributed by atoms with van der Waals surface area (Å²) in [6.45, 7) is 4.52. The number of aryl methyl sites for hydroxylation is 1. The topological polar surface area (TPSA) is 34.0 Å². The van der Waals surface area contributed by atoms with Gasteiger partial charge in [0.05, 0.1) is 32.1 Å². The first-order valence-electron chi connectivity index (χ1n) is 7.34. The monoisotopic (exact) mass is 275 g/mol. The highest BCUT2D eigenvalue weighted by Crippen LogP contribution is 2.42. The lowest BCUT2D eigenvalue weighted by Gasteiger charge is -2.34. The Kier molecular flexibility index (Phi) is 3.52. The lowest BCUT2D eigenvalue weighted by atomic mass is 9.89. The van der Waals surface area contributed by atoms with Gasteiger partial charge in [-0.25, -0.2) is 0 Å². The van der Waals surface area contributed by atoms with Gasteiger partial charge >= 0.3 is 0 Å². The van der Waals surface area contributed by atoms with Gasteiger partial charge in [0.2, 0.25) is 0 Å². The van der Waals surface area contributed by atoms with E-state index in [1.807, 2.05) is 4.90 Å². The Morgan fingerprint density at radius 3 is 3.05 bits per heavy atom. The summed E-state index contributed by atoms with van der Waals surface area (Å²) >= 11 is 0. The van der Waals surface area contributed by atoms with Gasteiger partial charge in [-0.3, -0.25) is 4.79 Å². The zero-order valence-corrected chi connectivity index (χ0v) is 12.5. The van der Waals surface area contributed by atoms with Crippen LogP contribution in [0.15, 0.2) is 18.2 Å². The molecule has 1 amide bonds. The number of quaternary nitrogens is 1. The number of fused-ring (bicyclic) bond motifs is 3. The number of methoxy groups -OCH3 is 1. The first-order chi connectivity index (χ1) is 9.61. The number of likely N-dealkylation sites (tertiary alicyclic amines) is 1. The molecule has 1 aromatic rings. The molecule has 20 heavy (non-hydrogen) atoms. The van der Waals surface area contributed by atoms with E-state index in [9.17, 15) is 4.79 Å². The third-order valence-corrected chi connectivity index (χ3v) is 4.61. The Morgan fingerprint density at radius 2 is 2.30 bits per heavy atom. The predicted octanol–water partition coefficient (Wildman–Crippen LogP) is 0.359. The van der Waals surface area contributed by atoms with Gasteiger partial charge in [-0.2, -0.15) is 0 Å². The molecule has 1 unspecified atom stereocenters. The molecule has 108 valence electrons. The standard InChI is InChI=1S/C16H22N2O2/c1-11-4-5-14-12(8-11)13-9-17(2)7-6-15(13)18(14)16(19)10-20-3/h4-5,8,13,15H,6-7,9-10H2,1-3H3/p+1/t13-,15-/m0/s1. The average molecular weight is 275 g/mol. The molecule has 0 aromatic heterocycles. The van der Waals surface area contributed by atoms with Crippen LogP contribution in [0, 0.1) is 6.92 Å². The first-order valence-corrected chi connectivity index (χ1v) is 7.34. The lowest BCUT2D eigenvalue weighted by molar-refractivity contribution is -0.886. The van der Waals surface area contributed by atoms with Crippen LogP contribution >= 0.6 is 0 Å². The van der Waals surface area contributed by atoms with Crippen molar-refractivity contribution in [2.24, 2.45) is 0 Å². The number of rotatable bonds is 2. The fraction of sp³-hybridized carbons (Fsp3) is 0.562. The number of hydrogen-bond donors (Lipinski definition) is 1. The molecule has 1 aromatic carbocycles. The molecule has 2 aliphatic rings. The van der Waals surface area contributed by atoms with E-state index in [1.54, 1.807) is 12.0 Å². The van der Waals surface area contributed by atoms with Crippen LogP contribution in [0.3, 0.4) is 0 Å². The van der Waals surface area contributed by atoms with Crippen LogP contribution < -0.4 is 9.80 Å². The zero-order valence-electron chi connectivity index (χ0n) is 12.5. The van der Waals surface area contributed by atoms with E-state index in [4.69, 9.17) is 4.74 Å². The summed E-state index contributed by atoms with van der Waals surface area (Å²) in [7, 11) is 3.83. The average Bonchev–Trinajstić information content (AvgIpc) is 2.72. The van der Waals surface area contributed by atoms with E-state index in [0.717, 1.165) is 25.2 Å². The van der Waals surface area contributed by atoms with Crippen molar-refractivity contribution in [2.75, 3.05) is 38.8 Å². The maximum absolute atomic E-state index is 12.4. The van der Waals surface area contributed by atoms with Crippen LogP contribution in [0.5, 0.6) is 0 Å². The molecule has 2 heterocycles. The summed E-state index contributed by atoms with van der Waals surface area (Å²) in [6, 6.07) is 6.77. The van der Waals surface area contributed by atoms with E-state index >= 15 is 0 Å². The molecule has 0 radical (unpaired) electrons. The highest BCUT2D eigenvalue weighted by Gasteiger charge is 2.45. The summed E-state index contributed by atoms with van der Waals surface area (Å²) in [5.41, 5.74) is 3.72. The van der Waals surface area contributed by atoms with Gasteiger partial charge in [-0.15, -0.1) is 0 Å². The van der Waals surface area contributed by atoms with Crippen LogP contribution in [-0.4, -0.2) is 45.8 Å². The minimum atomic E-state index is 0.0876. The van der Waals surface area contributed by atoms with E-state index in [2.05, 4.69) is 32.2 Å². The molecule has 1 saturated heterocycles. The van der Waals surface area contributed by atoms with Gasteiger partial charge in [0.15, 0.2) is 0 Å². The molecule has 4 nitrogen and oxygen atoms in total. The number of anilines is 1. The Balaban J connectivity index is 2.01. The van der Waals surface area contributed by atoms with Crippen LogP contribution in [0.4, 0.5) is 5.69 Å². The number of ether oxygens (including phenoxy) is 1. The molecule has 0 saturated carbocycles. The van der Waals surface area contributed by atoms with Crippen LogP contribution in [0.1, 0.15) is 23.5 Å². The van der Waals surface area contributed by atoms with Gasteiger partial charge in [-0.1, -0.05) is 17.7 Å². The van der Waals surface area contributed by atoms with E-state index in [1.165, 1.54) is 11.1 Å². The third kappa shape index (κ3) is 2.13. The normalized spacial score (nSPS) is 28.1. The molecule has 0 bridgehead atoms. The van der Waals surface area contributed by atoms with Gasteiger partial charge in [-0.05, 0) is 18.6 Å². The minimum Gasteiger partial charge on any atom is -0.375 e. The van der Waals surface area contributed by atoms with Gasteiger partial charge in [0.25, 0.3) is 5.91 Å².